The second kappa shape index (κ2) is 3.50. The van der Waals surface area contributed by atoms with Gasteiger partial charge in [-0.25, -0.2) is 9.79 Å². The molecule has 0 saturated carbocycles. The van der Waals surface area contributed by atoms with Gasteiger partial charge in [0.15, 0.2) is 11.4 Å². The lowest BCUT2D eigenvalue weighted by Crippen LogP contribution is -2.32. The highest BCUT2D eigenvalue weighted by molar-refractivity contribution is 5.98. The molecule has 3 heteroatoms. The lowest BCUT2D eigenvalue weighted by atomic mass is 9.94. The van der Waals surface area contributed by atoms with Crippen molar-refractivity contribution in [1.82, 2.24) is 0 Å². The van der Waals surface area contributed by atoms with E-state index in [0.717, 1.165) is 5.56 Å². The molecule has 1 heterocycles. The third kappa shape index (κ3) is 1.91. The van der Waals surface area contributed by atoms with Gasteiger partial charge >= 0.3 is 5.97 Å². The summed E-state index contributed by atoms with van der Waals surface area (Å²) in [6, 6.07) is 9.84. The number of cyclic esters (lactones) is 1. The Kier molecular flexibility index (Phi) is 2.31. The van der Waals surface area contributed by atoms with Crippen LogP contribution in [0.25, 0.3) is 0 Å². The van der Waals surface area contributed by atoms with E-state index in [9.17, 15) is 4.79 Å². The molecule has 1 aliphatic rings. The molecule has 0 aromatic heterocycles. The number of rotatable bonds is 2. The Balaban J connectivity index is 2.22. The molecule has 0 bridgehead atoms. The number of ether oxygens (including phenoxy) is 1. The number of nitrogens with zero attached hydrogens (tertiary/aromatic N) is 1. The number of carbonyl (C=O) groups is 1. The van der Waals surface area contributed by atoms with Crippen LogP contribution in [0.15, 0.2) is 35.3 Å². The maximum Gasteiger partial charge on any atom is 0.340 e. The molecular formula is C12H13NO2. The van der Waals surface area contributed by atoms with E-state index in [2.05, 4.69) is 4.99 Å². The predicted octanol–water partition coefficient (Wildman–Crippen LogP) is 1.96. The summed E-state index contributed by atoms with van der Waals surface area (Å²) < 4.78 is 4.96. The highest BCUT2D eigenvalue weighted by Gasteiger charge is 2.40. The van der Waals surface area contributed by atoms with Gasteiger partial charge in [0.25, 0.3) is 0 Å². The zero-order valence-corrected chi connectivity index (χ0v) is 8.86. The van der Waals surface area contributed by atoms with Crippen LogP contribution in [-0.2, 0) is 16.0 Å². The fourth-order valence-corrected chi connectivity index (χ4v) is 1.77. The second-order valence-electron chi connectivity index (χ2n) is 3.96. The Bertz CT molecular complexity index is 411. The van der Waals surface area contributed by atoms with Crippen LogP contribution in [0.2, 0.25) is 0 Å². The van der Waals surface area contributed by atoms with Crippen molar-refractivity contribution in [2.45, 2.75) is 25.8 Å². The number of carbonyl (C=O) groups excluding carboxylic acids is 1. The van der Waals surface area contributed by atoms with E-state index in [-0.39, 0.29) is 5.97 Å². The molecule has 2 rings (SSSR count). The van der Waals surface area contributed by atoms with Crippen LogP contribution in [0, 0.1) is 0 Å². The average molecular weight is 203 g/mol. The Morgan fingerprint density at radius 3 is 2.53 bits per heavy atom. The molecule has 1 aromatic rings. The first-order valence-electron chi connectivity index (χ1n) is 4.93. The van der Waals surface area contributed by atoms with Crippen molar-refractivity contribution in [3.63, 3.8) is 0 Å². The van der Waals surface area contributed by atoms with Crippen molar-refractivity contribution in [3.8, 4) is 0 Å². The van der Waals surface area contributed by atoms with Crippen LogP contribution < -0.4 is 0 Å². The number of aliphatic imine (C=N–C) groups is 1. The van der Waals surface area contributed by atoms with Crippen molar-refractivity contribution < 1.29 is 9.53 Å². The molecule has 3 nitrogen and oxygen atoms in total. The van der Waals surface area contributed by atoms with Gasteiger partial charge in [0.05, 0.1) is 0 Å². The van der Waals surface area contributed by atoms with Crippen molar-refractivity contribution in [2.24, 2.45) is 4.99 Å². The molecular weight excluding hydrogens is 190 g/mol. The largest absolute Gasteiger partial charge is 0.410 e. The van der Waals surface area contributed by atoms with Crippen LogP contribution >= 0.6 is 0 Å². The van der Waals surface area contributed by atoms with Gasteiger partial charge in [0.1, 0.15) is 0 Å². The maximum absolute atomic E-state index is 11.6. The summed E-state index contributed by atoms with van der Waals surface area (Å²) in [4.78, 5) is 15.8. The first kappa shape index (κ1) is 9.90. The average Bonchev–Trinajstić information content (AvgIpc) is 2.41. The van der Waals surface area contributed by atoms with E-state index in [1.54, 1.807) is 13.8 Å². The molecule has 78 valence electrons. The molecule has 0 spiro atoms. The minimum atomic E-state index is -0.745. The maximum atomic E-state index is 11.6. The molecule has 0 fully saturated rings. The monoisotopic (exact) mass is 203 g/mol. The lowest BCUT2D eigenvalue weighted by molar-refractivity contribution is -0.138. The van der Waals surface area contributed by atoms with Crippen LogP contribution in [-0.4, -0.2) is 17.4 Å². The SMILES string of the molecule is CC1=N[C@](C)(Cc2ccccc2)C(=O)O1. The topological polar surface area (TPSA) is 38.7 Å². The molecule has 0 amide bonds. The second-order valence-corrected chi connectivity index (χ2v) is 3.96. The summed E-state index contributed by atoms with van der Waals surface area (Å²) in [5, 5.41) is 0. The van der Waals surface area contributed by atoms with E-state index in [4.69, 9.17) is 4.74 Å². The van der Waals surface area contributed by atoms with Gasteiger partial charge in [-0.05, 0) is 12.5 Å². The molecule has 0 saturated heterocycles. The quantitative estimate of drug-likeness (QED) is 0.689. The third-order valence-corrected chi connectivity index (χ3v) is 2.48. The first-order chi connectivity index (χ1) is 7.10. The molecule has 1 aromatic carbocycles. The van der Waals surface area contributed by atoms with E-state index in [1.165, 1.54) is 0 Å². The van der Waals surface area contributed by atoms with Crippen molar-refractivity contribution in [3.05, 3.63) is 35.9 Å². The Hall–Kier alpha value is -1.64. The summed E-state index contributed by atoms with van der Waals surface area (Å²) in [6.07, 6.45) is 0.587. The Morgan fingerprint density at radius 1 is 1.33 bits per heavy atom. The zero-order chi connectivity index (χ0) is 10.9. The van der Waals surface area contributed by atoms with Crippen LogP contribution in [0.5, 0.6) is 0 Å². The van der Waals surface area contributed by atoms with Crippen LogP contribution in [0.4, 0.5) is 0 Å². The minimum Gasteiger partial charge on any atom is -0.410 e. The van der Waals surface area contributed by atoms with Crippen LogP contribution in [0.3, 0.4) is 0 Å². The van der Waals surface area contributed by atoms with E-state index < -0.39 is 5.54 Å². The summed E-state index contributed by atoms with van der Waals surface area (Å²) >= 11 is 0. The van der Waals surface area contributed by atoms with E-state index >= 15 is 0 Å². The molecule has 0 unspecified atom stereocenters. The summed E-state index contributed by atoms with van der Waals surface area (Å²) in [5.41, 5.74) is 0.348. The van der Waals surface area contributed by atoms with Gasteiger partial charge in [0.2, 0.25) is 0 Å². The molecule has 1 aliphatic heterocycles. The minimum absolute atomic E-state index is 0.260. The number of esters is 1. The van der Waals surface area contributed by atoms with E-state index in [0.29, 0.717) is 12.3 Å². The smallest absolute Gasteiger partial charge is 0.340 e. The van der Waals surface area contributed by atoms with Gasteiger partial charge in [-0.2, -0.15) is 0 Å². The fourth-order valence-electron chi connectivity index (χ4n) is 1.77. The zero-order valence-electron chi connectivity index (χ0n) is 8.86. The molecule has 1 atom stereocenters. The molecule has 0 aliphatic carbocycles. The van der Waals surface area contributed by atoms with E-state index in [1.807, 2.05) is 30.3 Å². The first-order valence-corrected chi connectivity index (χ1v) is 4.93. The van der Waals surface area contributed by atoms with Crippen molar-refractivity contribution in [2.75, 3.05) is 0 Å². The van der Waals surface area contributed by atoms with Gasteiger partial charge in [0, 0.05) is 13.3 Å². The highest BCUT2D eigenvalue weighted by Crippen LogP contribution is 2.24. The number of benzene rings is 1. The number of hydrogen-bond acceptors (Lipinski definition) is 3. The predicted molar refractivity (Wildman–Crippen MR) is 57.8 cm³/mol. The molecule has 0 N–H and O–H groups in total. The van der Waals surface area contributed by atoms with Gasteiger partial charge < -0.3 is 4.74 Å². The standard InChI is InChI=1S/C12H13NO2/c1-9-13-12(2,11(14)15-9)8-10-6-4-3-5-7-10/h3-7H,8H2,1-2H3/t12-/m1/s1. The van der Waals surface area contributed by atoms with Crippen molar-refractivity contribution >= 4 is 11.9 Å². The fraction of sp³-hybridized carbons (Fsp3) is 0.333. The highest BCUT2D eigenvalue weighted by atomic mass is 16.6. The molecule has 15 heavy (non-hydrogen) atoms. The molecule has 0 radical (unpaired) electrons. The summed E-state index contributed by atoms with van der Waals surface area (Å²) in [6.45, 7) is 3.51. The van der Waals surface area contributed by atoms with Gasteiger partial charge in [-0.3, -0.25) is 0 Å². The summed E-state index contributed by atoms with van der Waals surface area (Å²) in [5.74, 6) is 0.197. The Morgan fingerprint density at radius 2 is 2.00 bits per heavy atom. The lowest BCUT2D eigenvalue weighted by Gasteiger charge is -2.15. The summed E-state index contributed by atoms with van der Waals surface area (Å²) in [7, 11) is 0. The normalized spacial score (nSPS) is 24.9. The Labute approximate surface area is 88.8 Å². The van der Waals surface area contributed by atoms with Crippen molar-refractivity contribution in [1.29, 1.82) is 0 Å². The number of hydrogen-bond donors (Lipinski definition) is 0. The van der Waals surface area contributed by atoms with Gasteiger partial charge in [-0.1, -0.05) is 30.3 Å². The van der Waals surface area contributed by atoms with Gasteiger partial charge in [-0.15, -0.1) is 0 Å². The third-order valence-electron chi connectivity index (χ3n) is 2.48. The van der Waals surface area contributed by atoms with Crippen LogP contribution in [0.1, 0.15) is 19.4 Å².